The molecule has 0 saturated heterocycles. The van der Waals surface area contributed by atoms with Crippen LogP contribution < -0.4 is 5.32 Å². The summed E-state index contributed by atoms with van der Waals surface area (Å²) in [5.41, 5.74) is -2.76. The van der Waals surface area contributed by atoms with Crippen LogP contribution in [0.5, 0.6) is 0 Å². The van der Waals surface area contributed by atoms with E-state index in [1.165, 1.54) is 0 Å². The van der Waals surface area contributed by atoms with E-state index in [0.29, 0.717) is 0 Å². The Bertz CT molecular complexity index is 621. The fourth-order valence-corrected chi connectivity index (χ4v) is 1.68. The molecule has 1 aliphatic rings. The molecule has 0 saturated carbocycles. The SMILES string of the molecule is O=C(NCC(O)C(=O)O)c1ccc(C2(C(F)(F)F)N=N2)cc1. The fourth-order valence-electron chi connectivity index (χ4n) is 1.68. The summed E-state index contributed by atoms with van der Waals surface area (Å²) in [6, 6.07) is 4.40. The molecule has 1 amide bonds. The van der Waals surface area contributed by atoms with E-state index in [4.69, 9.17) is 10.2 Å². The van der Waals surface area contributed by atoms with Gasteiger partial charge in [-0.05, 0) is 12.1 Å². The second-order valence-corrected chi connectivity index (χ2v) is 4.51. The normalized spacial score (nSPS) is 16.9. The van der Waals surface area contributed by atoms with Crippen molar-refractivity contribution < 1.29 is 33.0 Å². The summed E-state index contributed by atoms with van der Waals surface area (Å²) in [5.74, 6) is -2.22. The largest absolute Gasteiger partial charge is 0.479 e. The third-order valence-electron chi connectivity index (χ3n) is 2.99. The van der Waals surface area contributed by atoms with Gasteiger partial charge in [0.05, 0.1) is 6.54 Å². The molecule has 3 N–H and O–H groups in total. The molecule has 0 radical (unpaired) electrons. The molecule has 0 aromatic heterocycles. The summed E-state index contributed by atoms with van der Waals surface area (Å²) >= 11 is 0. The zero-order valence-corrected chi connectivity index (χ0v) is 10.8. The average molecular weight is 317 g/mol. The van der Waals surface area contributed by atoms with Gasteiger partial charge in [-0.3, -0.25) is 4.79 Å². The van der Waals surface area contributed by atoms with Gasteiger partial charge in [0, 0.05) is 11.1 Å². The maximum atomic E-state index is 12.8. The number of carboxylic acids is 1. The molecule has 1 atom stereocenters. The van der Waals surface area contributed by atoms with Gasteiger partial charge in [-0.25, -0.2) is 4.79 Å². The molecule has 1 aromatic carbocycles. The second kappa shape index (κ2) is 5.37. The third-order valence-corrected chi connectivity index (χ3v) is 2.99. The Kier molecular flexibility index (Phi) is 3.88. The van der Waals surface area contributed by atoms with Gasteiger partial charge in [0.25, 0.3) is 5.91 Å². The topological polar surface area (TPSA) is 111 Å². The Morgan fingerprint density at radius 2 is 1.77 bits per heavy atom. The van der Waals surface area contributed by atoms with Crippen molar-refractivity contribution >= 4 is 11.9 Å². The molecule has 0 fully saturated rings. The van der Waals surface area contributed by atoms with Crippen LogP contribution in [0.2, 0.25) is 0 Å². The quantitative estimate of drug-likeness (QED) is 0.753. The van der Waals surface area contributed by atoms with E-state index in [1.54, 1.807) is 0 Å². The van der Waals surface area contributed by atoms with E-state index in [1.807, 2.05) is 0 Å². The summed E-state index contributed by atoms with van der Waals surface area (Å²) in [6.07, 6.45) is -6.41. The van der Waals surface area contributed by atoms with Gasteiger partial charge >= 0.3 is 17.8 Å². The highest BCUT2D eigenvalue weighted by Crippen LogP contribution is 2.52. The third kappa shape index (κ3) is 2.91. The molecule has 22 heavy (non-hydrogen) atoms. The zero-order chi connectivity index (χ0) is 16.5. The van der Waals surface area contributed by atoms with Crippen molar-refractivity contribution in [3.8, 4) is 0 Å². The molecule has 2 rings (SSSR count). The smallest absolute Gasteiger partial charge is 0.442 e. The molecule has 1 unspecified atom stereocenters. The highest BCUT2D eigenvalue weighted by atomic mass is 19.4. The monoisotopic (exact) mass is 317 g/mol. The first-order valence-electron chi connectivity index (χ1n) is 5.98. The number of nitrogens with one attached hydrogen (secondary N) is 1. The summed E-state index contributed by atoms with van der Waals surface area (Å²) < 4.78 is 38.3. The fraction of sp³-hybridized carbons (Fsp3) is 0.333. The van der Waals surface area contributed by atoms with Gasteiger partial charge in [-0.15, -0.1) is 10.2 Å². The maximum absolute atomic E-state index is 12.8. The van der Waals surface area contributed by atoms with Crippen LogP contribution in [0, 0.1) is 0 Å². The summed E-state index contributed by atoms with van der Waals surface area (Å²) in [7, 11) is 0. The van der Waals surface area contributed by atoms with E-state index in [0.717, 1.165) is 24.3 Å². The summed E-state index contributed by atoms with van der Waals surface area (Å²) in [6.45, 7) is -0.521. The van der Waals surface area contributed by atoms with Gasteiger partial charge in [-0.2, -0.15) is 13.2 Å². The predicted octanol–water partition coefficient (Wildman–Crippen LogP) is 1.04. The number of benzene rings is 1. The van der Waals surface area contributed by atoms with Crippen LogP contribution in [-0.2, 0) is 10.5 Å². The summed E-state index contributed by atoms with van der Waals surface area (Å²) in [5, 5.41) is 25.7. The molecule has 10 heteroatoms. The molecule has 0 bridgehead atoms. The lowest BCUT2D eigenvalue weighted by molar-refractivity contribution is -0.166. The average Bonchev–Trinajstić information content (AvgIpc) is 3.25. The van der Waals surface area contributed by atoms with E-state index >= 15 is 0 Å². The molecule has 0 aliphatic carbocycles. The van der Waals surface area contributed by atoms with E-state index in [2.05, 4.69) is 15.5 Å². The number of aliphatic hydroxyl groups is 1. The first-order chi connectivity index (χ1) is 10.2. The Hall–Kier alpha value is -2.49. The van der Waals surface area contributed by atoms with Crippen molar-refractivity contribution in [1.82, 2.24) is 5.32 Å². The minimum absolute atomic E-state index is 0.0133. The Balaban J connectivity index is 2.04. The number of carbonyl (C=O) groups is 2. The standard InChI is InChI=1S/C12H10F3N3O4/c13-12(14,15)11(17-18-11)7-3-1-6(2-4-7)9(20)16-5-8(19)10(21)22/h1-4,8,19H,5H2,(H,16,20)(H,21,22). The van der Waals surface area contributed by atoms with Crippen molar-refractivity contribution in [3.05, 3.63) is 35.4 Å². The highest BCUT2D eigenvalue weighted by molar-refractivity contribution is 5.94. The number of aliphatic hydroxyl groups excluding tert-OH is 1. The number of carbonyl (C=O) groups excluding carboxylic acids is 1. The number of hydrogen-bond acceptors (Lipinski definition) is 5. The van der Waals surface area contributed by atoms with Crippen molar-refractivity contribution in [2.45, 2.75) is 17.9 Å². The van der Waals surface area contributed by atoms with E-state index in [9.17, 15) is 22.8 Å². The number of rotatable bonds is 5. The minimum atomic E-state index is -4.65. The van der Waals surface area contributed by atoms with Crippen LogP contribution in [0.4, 0.5) is 13.2 Å². The van der Waals surface area contributed by atoms with Crippen molar-refractivity contribution in [2.75, 3.05) is 6.54 Å². The molecule has 0 spiro atoms. The molecule has 1 aromatic rings. The van der Waals surface area contributed by atoms with E-state index in [-0.39, 0.29) is 11.1 Å². The molecule has 118 valence electrons. The van der Waals surface area contributed by atoms with Gasteiger partial charge in [0.2, 0.25) is 0 Å². The number of amides is 1. The van der Waals surface area contributed by atoms with Crippen LogP contribution in [0.1, 0.15) is 15.9 Å². The van der Waals surface area contributed by atoms with Crippen molar-refractivity contribution in [3.63, 3.8) is 0 Å². The number of aliphatic carboxylic acids is 1. The Morgan fingerprint density at radius 1 is 1.23 bits per heavy atom. The number of hydrogen-bond donors (Lipinski definition) is 3. The second-order valence-electron chi connectivity index (χ2n) is 4.51. The predicted molar refractivity (Wildman–Crippen MR) is 65.0 cm³/mol. The number of nitrogens with zero attached hydrogens (tertiary/aromatic N) is 2. The number of alkyl halides is 3. The van der Waals surface area contributed by atoms with Crippen LogP contribution >= 0.6 is 0 Å². The van der Waals surface area contributed by atoms with Crippen LogP contribution in [0.3, 0.4) is 0 Å². The molecule has 7 nitrogen and oxygen atoms in total. The van der Waals surface area contributed by atoms with Crippen molar-refractivity contribution in [2.24, 2.45) is 10.2 Å². The van der Waals surface area contributed by atoms with Crippen LogP contribution in [0.15, 0.2) is 34.5 Å². The minimum Gasteiger partial charge on any atom is -0.479 e. The molecule has 1 aliphatic heterocycles. The molecule has 1 heterocycles. The lowest BCUT2D eigenvalue weighted by atomic mass is 10.0. The number of carboxylic acid groups (broad SMARTS) is 1. The first-order valence-corrected chi connectivity index (χ1v) is 5.98. The lowest BCUT2D eigenvalue weighted by Crippen LogP contribution is -2.36. The lowest BCUT2D eigenvalue weighted by Gasteiger charge is -2.15. The van der Waals surface area contributed by atoms with Gasteiger partial charge in [-0.1, -0.05) is 12.1 Å². The Morgan fingerprint density at radius 3 is 2.18 bits per heavy atom. The van der Waals surface area contributed by atoms with Gasteiger partial charge < -0.3 is 15.5 Å². The Labute approximate surface area is 121 Å². The zero-order valence-electron chi connectivity index (χ0n) is 10.8. The highest BCUT2D eigenvalue weighted by Gasteiger charge is 2.65. The first kappa shape index (κ1) is 15.9. The van der Waals surface area contributed by atoms with Crippen molar-refractivity contribution in [1.29, 1.82) is 0 Å². The van der Waals surface area contributed by atoms with Crippen LogP contribution in [0.25, 0.3) is 0 Å². The number of halogens is 3. The van der Waals surface area contributed by atoms with Gasteiger partial charge in [0.1, 0.15) is 0 Å². The van der Waals surface area contributed by atoms with Crippen LogP contribution in [-0.4, -0.2) is 40.9 Å². The van der Waals surface area contributed by atoms with Gasteiger partial charge in [0.15, 0.2) is 6.10 Å². The molecular formula is C12H10F3N3O4. The molecular weight excluding hydrogens is 307 g/mol. The maximum Gasteiger partial charge on any atom is 0.442 e. The summed E-state index contributed by atoms with van der Waals surface area (Å²) in [4.78, 5) is 22.0. The van der Waals surface area contributed by atoms with E-state index < -0.39 is 36.4 Å².